The van der Waals surface area contributed by atoms with Gasteiger partial charge in [-0.1, -0.05) is 0 Å². The summed E-state index contributed by atoms with van der Waals surface area (Å²) >= 11 is 0. The SMILES string of the molecule is COC(=O)COc1ccc(NC(=O)C(C)OC)cc1. The first kappa shape index (κ1) is 15.0. The van der Waals surface area contributed by atoms with E-state index in [1.54, 1.807) is 31.2 Å². The zero-order chi connectivity index (χ0) is 14.3. The van der Waals surface area contributed by atoms with Crippen LogP contribution in [0.3, 0.4) is 0 Å². The first-order valence-corrected chi connectivity index (χ1v) is 5.70. The van der Waals surface area contributed by atoms with Crippen molar-refractivity contribution in [2.45, 2.75) is 13.0 Å². The highest BCUT2D eigenvalue weighted by molar-refractivity contribution is 5.93. The van der Waals surface area contributed by atoms with Crippen LogP contribution in [0, 0.1) is 0 Å². The largest absolute Gasteiger partial charge is 0.482 e. The molecule has 1 amide bonds. The molecule has 1 aromatic rings. The predicted molar refractivity (Wildman–Crippen MR) is 69.1 cm³/mol. The molecule has 0 heterocycles. The fourth-order valence-corrected chi connectivity index (χ4v) is 1.19. The Hall–Kier alpha value is -2.08. The van der Waals surface area contributed by atoms with Gasteiger partial charge in [0, 0.05) is 12.8 Å². The fourth-order valence-electron chi connectivity index (χ4n) is 1.19. The van der Waals surface area contributed by atoms with Crippen LogP contribution >= 0.6 is 0 Å². The second kappa shape index (κ2) is 7.38. The molecule has 0 radical (unpaired) electrons. The van der Waals surface area contributed by atoms with Crippen molar-refractivity contribution >= 4 is 17.6 Å². The highest BCUT2D eigenvalue weighted by Crippen LogP contribution is 2.16. The van der Waals surface area contributed by atoms with E-state index in [9.17, 15) is 9.59 Å². The van der Waals surface area contributed by atoms with Crippen LogP contribution in [-0.2, 0) is 19.1 Å². The summed E-state index contributed by atoms with van der Waals surface area (Å²) in [7, 11) is 2.76. The van der Waals surface area contributed by atoms with Crippen molar-refractivity contribution in [3.8, 4) is 5.75 Å². The molecule has 1 N–H and O–H groups in total. The summed E-state index contributed by atoms with van der Waals surface area (Å²) in [4.78, 5) is 22.4. The Bertz CT molecular complexity index is 429. The number of carbonyl (C=O) groups is 2. The van der Waals surface area contributed by atoms with Crippen molar-refractivity contribution in [2.75, 3.05) is 26.1 Å². The van der Waals surface area contributed by atoms with Gasteiger partial charge in [0.05, 0.1) is 7.11 Å². The molecule has 19 heavy (non-hydrogen) atoms. The molecule has 6 heteroatoms. The van der Waals surface area contributed by atoms with Gasteiger partial charge in [0.25, 0.3) is 5.91 Å². The third-order valence-corrected chi connectivity index (χ3v) is 2.43. The summed E-state index contributed by atoms with van der Waals surface area (Å²) in [6, 6.07) is 6.64. The van der Waals surface area contributed by atoms with Gasteiger partial charge in [-0.3, -0.25) is 4.79 Å². The standard InChI is InChI=1S/C13H17NO5/c1-9(17-2)13(16)14-10-4-6-11(7-5-10)19-8-12(15)18-3/h4-7,9H,8H2,1-3H3,(H,14,16). The normalized spacial score (nSPS) is 11.5. The summed E-state index contributed by atoms with van der Waals surface area (Å²) in [5.41, 5.74) is 0.624. The first-order chi connectivity index (χ1) is 9.06. The zero-order valence-electron chi connectivity index (χ0n) is 11.1. The summed E-state index contributed by atoms with van der Waals surface area (Å²) < 4.78 is 14.5. The number of amides is 1. The monoisotopic (exact) mass is 267 g/mol. The van der Waals surface area contributed by atoms with Crippen LogP contribution in [0.25, 0.3) is 0 Å². The van der Waals surface area contributed by atoms with Crippen LogP contribution in [0.15, 0.2) is 24.3 Å². The topological polar surface area (TPSA) is 73.9 Å². The highest BCUT2D eigenvalue weighted by atomic mass is 16.6. The number of ether oxygens (including phenoxy) is 3. The fraction of sp³-hybridized carbons (Fsp3) is 0.385. The zero-order valence-corrected chi connectivity index (χ0v) is 11.1. The number of hydrogen-bond donors (Lipinski definition) is 1. The molecule has 0 aliphatic heterocycles. The molecule has 1 aromatic carbocycles. The summed E-state index contributed by atoms with van der Waals surface area (Å²) in [5, 5.41) is 2.68. The number of nitrogens with one attached hydrogen (secondary N) is 1. The van der Waals surface area contributed by atoms with Crippen LogP contribution in [0.5, 0.6) is 5.75 Å². The van der Waals surface area contributed by atoms with Crippen LogP contribution in [0.4, 0.5) is 5.69 Å². The van der Waals surface area contributed by atoms with Crippen molar-refractivity contribution < 1.29 is 23.8 Å². The molecule has 0 saturated carbocycles. The number of anilines is 1. The molecule has 0 bridgehead atoms. The Balaban J connectivity index is 2.52. The molecular weight excluding hydrogens is 250 g/mol. The van der Waals surface area contributed by atoms with E-state index >= 15 is 0 Å². The molecule has 6 nitrogen and oxygen atoms in total. The van der Waals surface area contributed by atoms with Crippen LogP contribution in [0.1, 0.15) is 6.92 Å². The van der Waals surface area contributed by atoms with Gasteiger partial charge in [-0.25, -0.2) is 4.79 Å². The van der Waals surface area contributed by atoms with E-state index in [0.717, 1.165) is 0 Å². The molecular formula is C13H17NO5. The van der Waals surface area contributed by atoms with Gasteiger partial charge in [0.15, 0.2) is 6.61 Å². The molecule has 0 saturated heterocycles. The summed E-state index contributed by atoms with van der Waals surface area (Å²) in [5.74, 6) is -0.166. The van der Waals surface area contributed by atoms with E-state index in [2.05, 4.69) is 10.1 Å². The molecule has 0 fully saturated rings. The minimum Gasteiger partial charge on any atom is -0.482 e. The molecule has 0 spiro atoms. The summed E-state index contributed by atoms with van der Waals surface area (Å²) in [6.45, 7) is 1.51. The minimum absolute atomic E-state index is 0.150. The van der Waals surface area contributed by atoms with Crippen LogP contribution in [0.2, 0.25) is 0 Å². The maximum atomic E-state index is 11.6. The van der Waals surface area contributed by atoms with Crippen LogP contribution in [-0.4, -0.2) is 38.8 Å². The summed E-state index contributed by atoms with van der Waals surface area (Å²) in [6.07, 6.45) is -0.518. The molecule has 1 rings (SSSR count). The maximum absolute atomic E-state index is 11.6. The van der Waals surface area contributed by atoms with Crippen molar-refractivity contribution in [3.63, 3.8) is 0 Å². The number of methoxy groups -OCH3 is 2. The number of hydrogen-bond acceptors (Lipinski definition) is 5. The van der Waals surface area contributed by atoms with E-state index in [1.807, 2.05) is 0 Å². The third kappa shape index (κ3) is 4.97. The second-order valence-corrected chi connectivity index (χ2v) is 3.76. The third-order valence-electron chi connectivity index (χ3n) is 2.43. The van der Waals surface area contributed by atoms with Crippen molar-refractivity contribution in [2.24, 2.45) is 0 Å². The van der Waals surface area contributed by atoms with E-state index < -0.39 is 12.1 Å². The lowest BCUT2D eigenvalue weighted by atomic mass is 10.3. The van der Waals surface area contributed by atoms with Gasteiger partial charge in [0.1, 0.15) is 11.9 Å². The maximum Gasteiger partial charge on any atom is 0.343 e. The van der Waals surface area contributed by atoms with Gasteiger partial charge >= 0.3 is 5.97 Å². The molecule has 0 aliphatic carbocycles. The molecule has 104 valence electrons. The number of esters is 1. The van der Waals surface area contributed by atoms with Gasteiger partial charge < -0.3 is 19.5 Å². The Morgan fingerprint density at radius 1 is 1.21 bits per heavy atom. The average Bonchev–Trinajstić information content (AvgIpc) is 2.45. The van der Waals surface area contributed by atoms with Gasteiger partial charge in [-0.05, 0) is 31.2 Å². The van der Waals surface area contributed by atoms with Gasteiger partial charge in [0.2, 0.25) is 0 Å². The Kier molecular flexibility index (Phi) is 5.81. The van der Waals surface area contributed by atoms with E-state index in [-0.39, 0.29) is 12.5 Å². The quantitative estimate of drug-likeness (QED) is 0.784. The van der Waals surface area contributed by atoms with Gasteiger partial charge in [-0.15, -0.1) is 0 Å². The van der Waals surface area contributed by atoms with Crippen molar-refractivity contribution in [1.29, 1.82) is 0 Å². The predicted octanol–water partition coefficient (Wildman–Crippen LogP) is 1.21. The highest BCUT2D eigenvalue weighted by Gasteiger charge is 2.11. The Morgan fingerprint density at radius 3 is 2.37 bits per heavy atom. The Morgan fingerprint density at radius 2 is 1.84 bits per heavy atom. The lowest BCUT2D eigenvalue weighted by molar-refractivity contribution is -0.142. The lowest BCUT2D eigenvalue weighted by Gasteiger charge is -2.11. The van der Waals surface area contributed by atoms with Crippen molar-refractivity contribution in [1.82, 2.24) is 0 Å². The van der Waals surface area contributed by atoms with E-state index in [0.29, 0.717) is 11.4 Å². The first-order valence-electron chi connectivity index (χ1n) is 5.70. The van der Waals surface area contributed by atoms with E-state index in [4.69, 9.17) is 9.47 Å². The average molecular weight is 267 g/mol. The lowest BCUT2D eigenvalue weighted by Crippen LogP contribution is -2.26. The molecule has 1 unspecified atom stereocenters. The number of carbonyl (C=O) groups excluding carboxylic acids is 2. The Labute approximate surface area is 111 Å². The molecule has 0 aliphatic rings. The molecule has 0 aromatic heterocycles. The smallest absolute Gasteiger partial charge is 0.343 e. The molecule has 1 atom stereocenters. The van der Waals surface area contributed by atoms with Crippen molar-refractivity contribution in [3.05, 3.63) is 24.3 Å². The minimum atomic E-state index is -0.518. The number of benzene rings is 1. The van der Waals surface area contributed by atoms with E-state index in [1.165, 1.54) is 14.2 Å². The van der Waals surface area contributed by atoms with Gasteiger partial charge in [-0.2, -0.15) is 0 Å². The van der Waals surface area contributed by atoms with Crippen LogP contribution < -0.4 is 10.1 Å². The number of rotatable bonds is 6. The second-order valence-electron chi connectivity index (χ2n) is 3.76.